The molecule has 5 atom stereocenters. The van der Waals surface area contributed by atoms with Gasteiger partial charge in [-0.15, -0.1) is 0 Å². The van der Waals surface area contributed by atoms with E-state index in [0.717, 1.165) is 116 Å². The van der Waals surface area contributed by atoms with E-state index in [2.05, 4.69) is 112 Å². The fourth-order valence-corrected chi connectivity index (χ4v) is 9.66. The van der Waals surface area contributed by atoms with Crippen LogP contribution >= 0.6 is 15.6 Å². The largest absolute Gasteiger partial charge is 0.472 e. The maximum atomic E-state index is 12.9. The van der Waals surface area contributed by atoms with Gasteiger partial charge in [0.15, 0.2) is 6.10 Å². The Morgan fingerprint density at radius 1 is 0.341 bits per heavy atom. The second-order valence-electron chi connectivity index (χ2n) is 21.2. The summed E-state index contributed by atoms with van der Waals surface area (Å²) >= 11 is 0. The van der Waals surface area contributed by atoms with Gasteiger partial charge in [0, 0.05) is 19.3 Å². The highest BCUT2D eigenvalue weighted by atomic mass is 31.2. The molecule has 4 N–H and O–H groups in total. The molecule has 488 valence electrons. The highest BCUT2D eigenvalue weighted by Crippen LogP contribution is 2.45. The molecule has 0 aromatic rings. The molecule has 0 aliphatic heterocycles. The maximum Gasteiger partial charge on any atom is 0.472 e. The molecule has 0 aromatic heterocycles. The molecule has 0 saturated heterocycles. The summed E-state index contributed by atoms with van der Waals surface area (Å²) in [5, 5.41) is 20.5. The highest BCUT2D eigenvalue weighted by molar-refractivity contribution is 7.47. The topological polar surface area (TPSA) is 231 Å². The molecule has 0 bridgehead atoms. The van der Waals surface area contributed by atoms with Crippen molar-refractivity contribution in [1.29, 1.82) is 0 Å². The number of aliphatic hydroxyl groups is 2. The predicted molar refractivity (Wildman–Crippen MR) is 344 cm³/mol. The third-order valence-electron chi connectivity index (χ3n) is 13.0. The molecule has 5 unspecified atom stereocenters. The number of ether oxygens (including phenoxy) is 3. The van der Waals surface area contributed by atoms with Crippen LogP contribution in [0.25, 0.3) is 0 Å². The zero-order valence-corrected chi connectivity index (χ0v) is 54.3. The van der Waals surface area contributed by atoms with E-state index in [1.807, 2.05) is 18.2 Å². The summed E-state index contributed by atoms with van der Waals surface area (Å²) in [6.07, 6.45) is 65.9. The molecule has 0 radical (unpaired) electrons. The predicted octanol–water partition coefficient (Wildman–Crippen LogP) is 17.3. The van der Waals surface area contributed by atoms with Crippen LogP contribution in [0.2, 0.25) is 0 Å². The average molecular weight is 1240 g/mol. The van der Waals surface area contributed by atoms with E-state index in [0.29, 0.717) is 25.7 Å². The number of rotatable bonds is 60. The number of esters is 3. The molecule has 0 rings (SSSR count). The first-order valence-corrected chi connectivity index (χ1v) is 35.2. The van der Waals surface area contributed by atoms with E-state index in [4.69, 9.17) is 32.3 Å². The van der Waals surface area contributed by atoms with Gasteiger partial charge in [-0.1, -0.05) is 233 Å². The third kappa shape index (κ3) is 61.6. The Hall–Kier alpha value is -3.79. The summed E-state index contributed by atoms with van der Waals surface area (Å²) < 4.78 is 60.6. The van der Waals surface area contributed by atoms with Gasteiger partial charge >= 0.3 is 33.6 Å². The first kappa shape index (κ1) is 81.2. The first-order chi connectivity index (χ1) is 41.2. The lowest BCUT2D eigenvalue weighted by Gasteiger charge is -2.21. The maximum absolute atomic E-state index is 12.9. The summed E-state index contributed by atoms with van der Waals surface area (Å²) in [4.78, 5) is 58.1. The van der Waals surface area contributed by atoms with Crippen molar-refractivity contribution >= 4 is 33.6 Å². The fraction of sp³-hybridized carbons (Fsp3) is 0.687. The zero-order valence-electron chi connectivity index (χ0n) is 52.5. The second kappa shape index (κ2) is 60.5. The van der Waals surface area contributed by atoms with Gasteiger partial charge in [0.2, 0.25) is 0 Å². The van der Waals surface area contributed by atoms with Crippen LogP contribution in [0.5, 0.6) is 0 Å². The van der Waals surface area contributed by atoms with Crippen molar-refractivity contribution < 1.29 is 75.8 Å². The van der Waals surface area contributed by atoms with Gasteiger partial charge < -0.3 is 34.2 Å². The Balaban J connectivity index is 4.70. The molecule has 0 aliphatic carbocycles. The van der Waals surface area contributed by atoms with E-state index < -0.39 is 91.5 Å². The summed E-state index contributed by atoms with van der Waals surface area (Å²) in [6, 6.07) is 0. The number of carbonyl (C=O) groups is 3. The van der Waals surface area contributed by atoms with E-state index in [-0.39, 0.29) is 19.3 Å². The summed E-state index contributed by atoms with van der Waals surface area (Å²) in [5.41, 5.74) is 0. The van der Waals surface area contributed by atoms with Crippen molar-refractivity contribution in [2.45, 2.75) is 257 Å². The van der Waals surface area contributed by atoms with Crippen molar-refractivity contribution in [1.82, 2.24) is 0 Å². The number of allylic oxidation sites excluding steroid dienone is 18. The third-order valence-corrected chi connectivity index (χ3v) is 14.9. The number of phosphoric ester groups is 2. The molecule has 0 amide bonds. The van der Waals surface area contributed by atoms with Crippen molar-refractivity contribution in [3.8, 4) is 0 Å². The lowest BCUT2D eigenvalue weighted by molar-refractivity contribution is -0.161. The summed E-state index contributed by atoms with van der Waals surface area (Å²) in [5.74, 6) is -1.67. The van der Waals surface area contributed by atoms with E-state index >= 15 is 0 Å². The van der Waals surface area contributed by atoms with Crippen LogP contribution in [0.4, 0.5) is 0 Å². The minimum Gasteiger partial charge on any atom is -0.463 e. The summed E-state index contributed by atoms with van der Waals surface area (Å²) in [7, 11) is -9.79. The van der Waals surface area contributed by atoms with Crippen LogP contribution in [0.3, 0.4) is 0 Å². The highest BCUT2D eigenvalue weighted by Gasteiger charge is 2.29. The Morgan fingerprint density at radius 3 is 1.08 bits per heavy atom. The number of phosphoric acid groups is 2. The second-order valence-corrected chi connectivity index (χ2v) is 24.1. The number of hydrogen-bond acceptors (Lipinski definition) is 14. The molecule has 18 heteroatoms. The molecule has 0 aliphatic rings. The van der Waals surface area contributed by atoms with Gasteiger partial charge in [0.05, 0.1) is 26.4 Å². The number of unbranched alkanes of at least 4 members (excludes halogenated alkanes) is 19. The molecular weight excluding hydrogens is 1120 g/mol. The normalized spacial score (nSPS) is 15.0. The van der Waals surface area contributed by atoms with Gasteiger partial charge in [-0.2, -0.15) is 0 Å². The van der Waals surface area contributed by atoms with Crippen LogP contribution < -0.4 is 0 Å². The zero-order chi connectivity index (χ0) is 62.4. The van der Waals surface area contributed by atoms with Gasteiger partial charge in [-0.3, -0.25) is 32.5 Å². The van der Waals surface area contributed by atoms with E-state index in [9.17, 15) is 43.5 Å². The van der Waals surface area contributed by atoms with Crippen molar-refractivity contribution in [2.24, 2.45) is 0 Å². The van der Waals surface area contributed by atoms with Crippen LogP contribution in [-0.4, -0.2) is 95.9 Å². The van der Waals surface area contributed by atoms with Gasteiger partial charge in [0.25, 0.3) is 0 Å². The first-order valence-electron chi connectivity index (χ1n) is 32.2. The average Bonchev–Trinajstić information content (AvgIpc) is 3.60. The molecule has 16 nitrogen and oxygen atoms in total. The Morgan fingerprint density at radius 2 is 0.647 bits per heavy atom. The summed E-state index contributed by atoms with van der Waals surface area (Å²) in [6.45, 7) is 2.39. The number of carbonyl (C=O) groups excluding carboxylic acids is 3. The molecule has 0 fully saturated rings. The molecule has 0 spiro atoms. The van der Waals surface area contributed by atoms with Crippen LogP contribution in [-0.2, 0) is 55.8 Å². The lowest BCUT2D eigenvalue weighted by atomic mass is 10.1. The van der Waals surface area contributed by atoms with Crippen molar-refractivity contribution in [2.75, 3.05) is 39.6 Å². The Bertz CT molecular complexity index is 1990. The molecule has 0 saturated carbocycles. The van der Waals surface area contributed by atoms with Crippen molar-refractivity contribution in [3.05, 3.63) is 109 Å². The van der Waals surface area contributed by atoms with Gasteiger partial charge in [-0.05, 0) is 96.3 Å². The van der Waals surface area contributed by atoms with E-state index in [1.165, 1.54) is 57.8 Å². The minimum atomic E-state index is -4.93. The van der Waals surface area contributed by atoms with Gasteiger partial charge in [0.1, 0.15) is 25.4 Å². The Kier molecular flexibility index (Phi) is 57.8. The van der Waals surface area contributed by atoms with Crippen LogP contribution in [0, 0.1) is 0 Å². The monoisotopic (exact) mass is 1240 g/mol. The quantitative estimate of drug-likeness (QED) is 0.0146. The Labute approximate surface area is 513 Å². The fourth-order valence-electron chi connectivity index (χ4n) is 8.07. The lowest BCUT2D eigenvalue weighted by Crippen LogP contribution is -2.30. The van der Waals surface area contributed by atoms with Crippen molar-refractivity contribution in [3.63, 3.8) is 0 Å². The van der Waals surface area contributed by atoms with Gasteiger partial charge in [-0.25, -0.2) is 9.13 Å². The molecule has 0 heterocycles. The SMILES string of the molecule is CC/C=C\C/C=C\C/C=C\C/C=C\C/C=C\C/C=C\CCC(=O)OCC(O)COP(=O)(O)OCC(O)COP(=O)(O)OCC(COC(=O)CCCCCCCC/C=C\C/C=C\C/C=C\CCCCC)OC(=O)CCCCCCCCCCCCC. The smallest absolute Gasteiger partial charge is 0.463 e. The van der Waals surface area contributed by atoms with Crippen LogP contribution in [0.15, 0.2) is 109 Å². The number of hydrogen-bond donors (Lipinski definition) is 4. The molecular formula is C67H114O16P2. The molecule has 85 heavy (non-hydrogen) atoms. The van der Waals surface area contributed by atoms with Crippen LogP contribution in [0.1, 0.15) is 239 Å². The standard InChI is InChI=1S/C67H114O16P2/c1-4-7-10-13-16-19-22-24-26-28-30-32-34-36-39-41-44-47-50-53-65(70)77-56-62(68)57-79-84(73,74)80-58-63(69)59-81-85(75,76)82-61-64(83-67(72)55-52-49-46-43-38-21-18-15-12-9-6-3)60-78-66(71)54-51-48-45-42-40-37-35-33-31-29-27-25-23-20-17-14-11-8-5-2/h7,10,16-17,19-20,24-27,30-33,36,39,44,47,62-64,68-69H,4-6,8-9,11-15,18,21-23,28-29,34-35,37-38,40-43,45-46,48-61H2,1-3H3,(H,73,74)(H,75,76)/b10-7-,19-16-,20-17-,26-24-,27-25-,32-30-,33-31-,39-36-,47-44-. The molecule has 0 aromatic carbocycles. The minimum absolute atomic E-state index is 0.0584. The number of aliphatic hydroxyl groups excluding tert-OH is 2. The van der Waals surface area contributed by atoms with E-state index in [1.54, 1.807) is 0 Å².